The Hall–Kier alpha value is -2.75. The number of rotatable bonds is 7. The van der Waals surface area contributed by atoms with Crippen LogP contribution in [0, 0.1) is 12.3 Å². The predicted octanol–water partition coefficient (Wildman–Crippen LogP) is 4.15. The van der Waals surface area contributed by atoms with Crippen molar-refractivity contribution >= 4 is 40.3 Å². The summed E-state index contributed by atoms with van der Waals surface area (Å²) in [5, 5.41) is 0. The fraction of sp³-hybridized carbons (Fsp3) is 0.182. The number of terminal acetylenes is 1. The van der Waals surface area contributed by atoms with Crippen LogP contribution in [0.2, 0.25) is 0 Å². The van der Waals surface area contributed by atoms with Crippen molar-refractivity contribution < 1.29 is 14.3 Å². The van der Waals surface area contributed by atoms with E-state index in [2.05, 4.69) is 5.92 Å². The molecule has 1 saturated heterocycles. The molecule has 6 heteroatoms. The van der Waals surface area contributed by atoms with Crippen molar-refractivity contribution in [2.24, 2.45) is 0 Å². The molecule has 0 radical (unpaired) electrons. The van der Waals surface area contributed by atoms with E-state index in [4.69, 9.17) is 28.1 Å². The van der Waals surface area contributed by atoms with Gasteiger partial charge in [0.15, 0.2) is 11.5 Å². The number of ether oxygens (including phenoxy) is 2. The van der Waals surface area contributed by atoms with Crippen LogP contribution in [0.25, 0.3) is 6.08 Å². The minimum absolute atomic E-state index is 0.0717. The summed E-state index contributed by atoms with van der Waals surface area (Å²) in [6.07, 6.45) is 7.80. The van der Waals surface area contributed by atoms with E-state index < -0.39 is 0 Å². The van der Waals surface area contributed by atoms with Gasteiger partial charge in [-0.1, -0.05) is 66.3 Å². The molecule has 2 aromatic carbocycles. The highest BCUT2D eigenvalue weighted by atomic mass is 32.2. The molecule has 0 aromatic heterocycles. The normalized spacial score (nSPS) is 15.0. The lowest BCUT2D eigenvalue weighted by Crippen LogP contribution is -2.30. The van der Waals surface area contributed by atoms with Gasteiger partial charge in [-0.05, 0) is 35.8 Å². The quantitative estimate of drug-likeness (QED) is 0.390. The summed E-state index contributed by atoms with van der Waals surface area (Å²) < 4.78 is 11.4. The Morgan fingerprint density at radius 3 is 2.71 bits per heavy atom. The molecule has 142 valence electrons. The molecule has 0 unspecified atom stereocenters. The summed E-state index contributed by atoms with van der Waals surface area (Å²) in [6.45, 7) is 0.726. The van der Waals surface area contributed by atoms with Gasteiger partial charge in [0.1, 0.15) is 10.9 Å². The number of amides is 1. The third-order valence-electron chi connectivity index (χ3n) is 4.14. The highest BCUT2D eigenvalue weighted by Crippen LogP contribution is 2.34. The largest absolute Gasteiger partial charge is 0.493 e. The monoisotopic (exact) mass is 409 g/mol. The van der Waals surface area contributed by atoms with Crippen LogP contribution in [0.15, 0.2) is 53.4 Å². The van der Waals surface area contributed by atoms with Gasteiger partial charge in [-0.2, -0.15) is 0 Å². The molecule has 0 saturated carbocycles. The molecule has 1 aliphatic rings. The lowest BCUT2D eigenvalue weighted by atomic mass is 10.1. The first kappa shape index (κ1) is 20.0. The smallest absolute Gasteiger partial charge is 0.266 e. The Bertz CT molecular complexity index is 948. The van der Waals surface area contributed by atoms with E-state index in [0.717, 1.165) is 12.0 Å². The topological polar surface area (TPSA) is 38.8 Å². The Morgan fingerprint density at radius 1 is 1.21 bits per heavy atom. The van der Waals surface area contributed by atoms with E-state index >= 15 is 0 Å². The number of nitrogens with zero attached hydrogens (tertiary/aromatic N) is 1. The van der Waals surface area contributed by atoms with Gasteiger partial charge in [-0.3, -0.25) is 9.69 Å². The first-order valence-electron chi connectivity index (χ1n) is 8.66. The van der Waals surface area contributed by atoms with Gasteiger partial charge in [0.05, 0.1) is 12.0 Å². The third-order valence-corrected chi connectivity index (χ3v) is 5.51. The Balaban J connectivity index is 1.73. The number of methoxy groups -OCH3 is 1. The van der Waals surface area contributed by atoms with Gasteiger partial charge < -0.3 is 9.47 Å². The van der Waals surface area contributed by atoms with Crippen molar-refractivity contribution in [2.45, 2.75) is 6.42 Å². The number of carbonyl (C=O) groups excluding carboxylic acids is 1. The molecule has 0 atom stereocenters. The minimum atomic E-state index is -0.0717. The zero-order chi connectivity index (χ0) is 19.9. The molecular formula is C22H19NO3S2. The van der Waals surface area contributed by atoms with E-state index in [1.807, 2.05) is 48.5 Å². The Labute approximate surface area is 174 Å². The van der Waals surface area contributed by atoms with Gasteiger partial charge in [-0.25, -0.2) is 0 Å². The van der Waals surface area contributed by atoms with E-state index in [0.29, 0.717) is 27.3 Å². The number of benzene rings is 2. The van der Waals surface area contributed by atoms with Crippen LogP contribution in [-0.4, -0.2) is 35.4 Å². The van der Waals surface area contributed by atoms with Crippen molar-refractivity contribution in [3.8, 4) is 23.8 Å². The zero-order valence-corrected chi connectivity index (χ0v) is 17.0. The second kappa shape index (κ2) is 9.45. The molecule has 0 aliphatic carbocycles. The number of carbonyl (C=O) groups is 1. The summed E-state index contributed by atoms with van der Waals surface area (Å²) in [5.41, 5.74) is 2.00. The molecule has 0 spiro atoms. The molecule has 28 heavy (non-hydrogen) atoms. The van der Waals surface area contributed by atoms with E-state index in [9.17, 15) is 4.79 Å². The molecule has 4 nitrogen and oxygen atoms in total. The van der Waals surface area contributed by atoms with E-state index in [-0.39, 0.29) is 12.5 Å². The first-order valence-corrected chi connectivity index (χ1v) is 9.88. The Morgan fingerprint density at radius 2 is 2.00 bits per heavy atom. The fourth-order valence-corrected chi connectivity index (χ4v) is 4.05. The second-order valence-electron chi connectivity index (χ2n) is 5.97. The van der Waals surface area contributed by atoms with Crippen LogP contribution >= 0.6 is 24.0 Å². The SMILES string of the molecule is C#CCOc1ccc(/C=C2\SC(=S)N(CCc3ccccc3)C2=O)cc1OC. The molecule has 1 amide bonds. The standard InChI is InChI=1S/C22H19NO3S2/c1-3-13-26-18-10-9-17(14-19(18)25-2)15-20-21(24)23(22(27)28-20)12-11-16-7-5-4-6-8-16/h1,4-10,14-15H,11-13H2,2H3/b20-15-. The van der Waals surface area contributed by atoms with Gasteiger partial charge >= 0.3 is 0 Å². The maximum Gasteiger partial charge on any atom is 0.266 e. The summed E-state index contributed by atoms with van der Waals surface area (Å²) in [7, 11) is 1.56. The van der Waals surface area contributed by atoms with Crippen LogP contribution in [0.3, 0.4) is 0 Å². The molecule has 0 N–H and O–H groups in total. The number of hydrogen-bond donors (Lipinski definition) is 0. The second-order valence-corrected chi connectivity index (χ2v) is 7.65. The highest BCUT2D eigenvalue weighted by molar-refractivity contribution is 8.26. The maximum absolute atomic E-state index is 12.8. The van der Waals surface area contributed by atoms with E-state index in [1.165, 1.54) is 17.3 Å². The van der Waals surface area contributed by atoms with Crippen molar-refractivity contribution in [2.75, 3.05) is 20.3 Å². The predicted molar refractivity (Wildman–Crippen MR) is 117 cm³/mol. The number of thiocarbonyl (C=S) groups is 1. The Kier molecular flexibility index (Phi) is 6.75. The van der Waals surface area contributed by atoms with E-state index in [1.54, 1.807) is 18.1 Å². The molecule has 1 heterocycles. The zero-order valence-electron chi connectivity index (χ0n) is 15.4. The van der Waals surface area contributed by atoms with Gasteiger partial charge in [0.25, 0.3) is 5.91 Å². The molecule has 1 fully saturated rings. The molecule has 3 rings (SSSR count). The van der Waals surface area contributed by atoms with Crippen LogP contribution in [-0.2, 0) is 11.2 Å². The first-order chi connectivity index (χ1) is 13.6. The molecule has 0 bridgehead atoms. The highest BCUT2D eigenvalue weighted by Gasteiger charge is 2.31. The summed E-state index contributed by atoms with van der Waals surface area (Å²) in [4.78, 5) is 15.0. The number of thioether (sulfide) groups is 1. The lowest BCUT2D eigenvalue weighted by Gasteiger charge is -2.14. The molecule has 2 aromatic rings. The van der Waals surface area contributed by atoms with Gasteiger partial charge in [0.2, 0.25) is 0 Å². The van der Waals surface area contributed by atoms with Crippen molar-refractivity contribution in [3.63, 3.8) is 0 Å². The van der Waals surface area contributed by atoms with Crippen LogP contribution < -0.4 is 9.47 Å². The average molecular weight is 410 g/mol. The maximum atomic E-state index is 12.8. The van der Waals surface area contributed by atoms with Crippen LogP contribution in [0.1, 0.15) is 11.1 Å². The van der Waals surface area contributed by atoms with Crippen molar-refractivity contribution in [3.05, 3.63) is 64.6 Å². The van der Waals surface area contributed by atoms with Crippen molar-refractivity contribution in [1.29, 1.82) is 0 Å². The lowest BCUT2D eigenvalue weighted by molar-refractivity contribution is -0.122. The van der Waals surface area contributed by atoms with Gasteiger partial charge in [0, 0.05) is 6.54 Å². The fourth-order valence-electron chi connectivity index (χ4n) is 2.74. The van der Waals surface area contributed by atoms with Crippen LogP contribution in [0.4, 0.5) is 0 Å². The summed E-state index contributed by atoms with van der Waals surface area (Å²) in [5.74, 6) is 3.47. The number of hydrogen-bond acceptors (Lipinski definition) is 5. The van der Waals surface area contributed by atoms with Crippen LogP contribution in [0.5, 0.6) is 11.5 Å². The minimum Gasteiger partial charge on any atom is -0.493 e. The molecule has 1 aliphatic heterocycles. The molecular weight excluding hydrogens is 390 g/mol. The van der Waals surface area contributed by atoms with Gasteiger partial charge in [-0.15, -0.1) is 6.42 Å². The van der Waals surface area contributed by atoms with Crippen molar-refractivity contribution in [1.82, 2.24) is 4.90 Å². The summed E-state index contributed by atoms with van der Waals surface area (Å²) >= 11 is 6.72. The summed E-state index contributed by atoms with van der Waals surface area (Å²) in [6, 6.07) is 15.5. The average Bonchev–Trinajstić information content (AvgIpc) is 2.98. The third kappa shape index (κ3) is 4.75.